The lowest BCUT2D eigenvalue weighted by atomic mass is 9.86. The molecule has 0 saturated heterocycles. The number of fused-ring (bicyclic) bond motifs is 1. The minimum Gasteiger partial charge on any atom is -0.496 e. The van der Waals surface area contributed by atoms with E-state index < -0.39 is 5.60 Å². The number of aliphatic hydroxyl groups is 1. The summed E-state index contributed by atoms with van der Waals surface area (Å²) in [4.78, 5) is 24.4. The molecule has 1 aromatic heterocycles. The van der Waals surface area contributed by atoms with Gasteiger partial charge in [0.15, 0.2) is 0 Å². The van der Waals surface area contributed by atoms with E-state index in [9.17, 15) is 9.90 Å². The van der Waals surface area contributed by atoms with Crippen molar-refractivity contribution in [3.63, 3.8) is 0 Å². The fraction of sp³-hybridized carbons (Fsp3) is 0.483. The van der Waals surface area contributed by atoms with E-state index >= 15 is 0 Å². The van der Waals surface area contributed by atoms with Gasteiger partial charge < -0.3 is 24.8 Å². The first-order valence-electron chi connectivity index (χ1n) is 12.9. The van der Waals surface area contributed by atoms with Crippen molar-refractivity contribution in [2.45, 2.75) is 77.0 Å². The van der Waals surface area contributed by atoms with Gasteiger partial charge in [0, 0.05) is 17.6 Å². The lowest BCUT2D eigenvalue weighted by Crippen LogP contribution is -2.30. The molecule has 0 bridgehead atoms. The van der Waals surface area contributed by atoms with Crippen LogP contribution in [-0.2, 0) is 21.6 Å². The number of aromatic nitrogens is 2. The van der Waals surface area contributed by atoms with E-state index in [2.05, 4.69) is 22.9 Å². The normalized spacial score (nSPS) is 19.7. The van der Waals surface area contributed by atoms with E-state index in [1.165, 1.54) is 12.8 Å². The fourth-order valence-corrected chi connectivity index (χ4v) is 5.43. The second kappa shape index (κ2) is 12.7. The zero-order chi connectivity index (χ0) is 27.0. The molecular weight excluding hydrogens is 470 g/mol. The van der Waals surface area contributed by atoms with Crippen LogP contribution >= 0.6 is 0 Å². The number of benzene rings is 2. The SMILES string of the molecule is COc1ccc2c(nc(C(C)(O)c3ccccc3)n2C2CCCC(C)C2)c1CCC(C)NC=O.O=CO. The largest absolute Gasteiger partial charge is 0.496 e. The number of amides is 1. The van der Waals surface area contributed by atoms with E-state index in [4.69, 9.17) is 19.6 Å². The average Bonchev–Trinajstić information content (AvgIpc) is 3.29. The van der Waals surface area contributed by atoms with Gasteiger partial charge in [-0.2, -0.15) is 0 Å². The quantitative estimate of drug-likeness (QED) is 0.357. The number of imidazole rings is 1. The molecule has 1 aliphatic carbocycles. The summed E-state index contributed by atoms with van der Waals surface area (Å²) in [6, 6.07) is 14.2. The highest BCUT2D eigenvalue weighted by molar-refractivity contribution is 5.83. The number of carboxylic acid groups (broad SMARTS) is 1. The highest BCUT2D eigenvalue weighted by Crippen LogP contribution is 2.41. The van der Waals surface area contributed by atoms with Crippen molar-refractivity contribution in [3.05, 3.63) is 59.4 Å². The summed E-state index contributed by atoms with van der Waals surface area (Å²) < 4.78 is 8.03. The Balaban J connectivity index is 0.00000121. The Labute approximate surface area is 218 Å². The number of aryl methyl sites for hydroxylation is 1. The number of nitrogens with zero attached hydrogens (tertiary/aromatic N) is 2. The van der Waals surface area contributed by atoms with E-state index in [-0.39, 0.29) is 18.6 Å². The molecule has 1 saturated carbocycles. The van der Waals surface area contributed by atoms with Gasteiger partial charge in [-0.1, -0.05) is 50.1 Å². The number of carbonyl (C=O) groups is 2. The highest BCUT2D eigenvalue weighted by Gasteiger charge is 2.36. The maximum absolute atomic E-state index is 11.9. The molecule has 4 atom stereocenters. The predicted molar refractivity (Wildman–Crippen MR) is 144 cm³/mol. The third-order valence-electron chi connectivity index (χ3n) is 7.37. The van der Waals surface area contributed by atoms with Crippen molar-refractivity contribution in [3.8, 4) is 5.75 Å². The van der Waals surface area contributed by atoms with Crippen LogP contribution in [-0.4, -0.2) is 45.8 Å². The van der Waals surface area contributed by atoms with Crippen molar-refractivity contribution in [1.82, 2.24) is 14.9 Å². The molecule has 1 aliphatic rings. The van der Waals surface area contributed by atoms with Gasteiger partial charge in [-0.05, 0) is 63.1 Å². The summed E-state index contributed by atoms with van der Waals surface area (Å²) in [5.41, 5.74) is 2.52. The fourth-order valence-electron chi connectivity index (χ4n) is 5.43. The van der Waals surface area contributed by atoms with E-state index in [0.717, 1.165) is 53.6 Å². The van der Waals surface area contributed by atoms with E-state index in [1.807, 2.05) is 50.2 Å². The lowest BCUT2D eigenvalue weighted by molar-refractivity contribution is -0.122. The van der Waals surface area contributed by atoms with Crippen LogP contribution in [0.25, 0.3) is 11.0 Å². The summed E-state index contributed by atoms with van der Waals surface area (Å²) in [5, 5.41) is 21.6. The monoisotopic (exact) mass is 509 g/mol. The Hall–Kier alpha value is -3.39. The summed E-state index contributed by atoms with van der Waals surface area (Å²) >= 11 is 0. The van der Waals surface area contributed by atoms with Crippen molar-refractivity contribution < 1.29 is 24.5 Å². The smallest absolute Gasteiger partial charge is 0.290 e. The van der Waals surface area contributed by atoms with Crippen molar-refractivity contribution in [2.24, 2.45) is 5.92 Å². The molecule has 200 valence electrons. The Kier molecular flexibility index (Phi) is 9.69. The summed E-state index contributed by atoms with van der Waals surface area (Å²) in [7, 11) is 1.68. The molecule has 4 rings (SSSR count). The summed E-state index contributed by atoms with van der Waals surface area (Å²) in [6.45, 7) is 5.91. The van der Waals surface area contributed by atoms with Crippen LogP contribution in [0.3, 0.4) is 0 Å². The number of hydrogen-bond donors (Lipinski definition) is 3. The third kappa shape index (κ3) is 6.31. The van der Waals surface area contributed by atoms with Crippen LogP contribution in [0.5, 0.6) is 5.75 Å². The number of ether oxygens (including phenoxy) is 1. The molecule has 2 aromatic carbocycles. The van der Waals surface area contributed by atoms with Gasteiger partial charge >= 0.3 is 0 Å². The highest BCUT2D eigenvalue weighted by atomic mass is 16.5. The molecule has 0 spiro atoms. The Morgan fingerprint density at radius 2 is 1.92 bits per heavy atom. The standard InChI is InChI=1S/C28H37N3O3.CH2O2/c1-19-9-8-12-22(17-19)31-24-15-16-25(34-4)23(14-13-20(2)29-18-32)26(24)30-27(31)28(3,33)21-10-6-5-7-11-21;2-1-3/h5-7,10-11,15-16,18-20,22,33H,8-9,12-14,17H2,1-4H3,(H,29,32);1H,(H,2,3). The van der Waals surface area contributed by atoms with E-state index in [1.54, 1.807) is 7.11 Å². The minimum absolute atomic E-state index is 0.0469. The average molecular weight is 510 g/mol. The zero-order valence-electron chi connectivity index (χ0n) is 22.2. The molecule has 0 radical (unpaired) electrons. The molecule has 1 fully saturated rings. The van der Waals surface area contributed by atoms with Crippen molar-refractivity contribution in [1.29, 1.82) is 0 Å². The number of carbonyl (C=O) groups excluding carboxylic acids is 1. The van der Waals surface area contributed by atoms with Crippen molar-refractivity contribution in [2.75, 3.05) is 7.11 Å². The summed E-state index contributed by atoms with van der Waals surface area (Å²) in [6.07, 6.45) is 6.81. The number of methoxy groups -OCH3 is 1. The number of nitrogens with one attached hydrogen (secondary N) is 1. The summed E-state index contributed by atoms with van der Waals surface area (Å²) in [5.74, 6) is 2.11. The van der Waals surface area contributed by atoms with Gasteiger partial charge in [0.1, 0.15) is 17.2 Å². The predicted octanol–water partition coefficient (Wildman–Crippen LogP) is 4.82. The van der Waals surface area contributed by atoms with Crippen LogP contribution < -0.4 is 10.1 Å². The lowest BCUT2D eigenvalue weighted by Gasteiger charge is -2.33. The van der Waals surface area contributed by atoms with Crippen molar-refractivity contribution >= 4 is 23.9 Å². The molecule has 3 aromatic rings. The minimum atomic E-state index is -1.24. The van der Waals surface area contributed by atoms with Gasteiger partial charge in [0.25, 0.3) is 6.47 Å². The Morgan fingerprint density at radius 1 is 1.22 bits per heavy atom. The van der Waals surface area contributed by atoms with Crippen LogP contribution in [0, 0.1) is 5.92 Å². The molecule has 8 nitrogen and oxygen atoms in total. The number of hydrogen-bond acceptors (Lipinski definition) is 5. The van der Waals surface area contributed by atoms with Crippen LogP contribution in [0.15, 0.2) is 42.5 Å². The van der Waals surface area contributed by atoms with Crippen LogP contribution in [0.2, 0.25) is 0 Å². The molecule has 8 heteroatoms. The third-order valence-corrected chi connectivity index (χ3v) is 7.37. The second-order valence-electron chi connectivity index (χ2n) is 10.1. The molecule has 1 amide bonds. The first kappa shape index (κ1) is 28.2. The van der Waals surface area contributed by atoms with E-state index in [0.29, 0.717) is 18.2 Å². The van der Waals surface area contributed by atoms with Crippen LogP contribution in [0.1, 0.15) is 75.9 Å². The molecule has 0 aliphatic heterocycles. The molecule has 1 heterocycles. The molecule has 3 N–H and O–H groups in total. The second-order valence-corrected chi connectivity index (χ2v) is 10.1. The first-order valence-corrected chi connectivity index (χ1v) is 12.9. The molecule has 37 heavy (non-hydrogen) atoms. The Bertz CT molecular complexity index is 1180. The maximum atomic E-state index is 11.9. The van der Waals surface area contributed by atoms with Gasteiger partial charge in [-0.3, -0.25) is 9.59 Å². The van der Waals surface area contributed by atoms with Gasteiger partial charge in [-0.15, -0.1) is 0 Å². The zero-order valence-corrected chi connectivity index (χ0v) is 22.2. The molecule has 4 unspecified atom stereocenters. The maximum Gasteiger partial charge on any atom is 0.290 e. The van der Waals surface area contributed by atoms with Crippen LogP contribution in [0.4, 0.5) is 0 Å². The van der Waals surface area contributed by atoms with Gasteiger partial charge in [0.05, 0.1) is 18.1 Å². The van der Waals surface area contributed by atoms with Gasteiger partial charge in [0.2, 0.25) is 6.41 Å². The Morgan fingerprint density at radius 3 is 2.54 bits per heavy atom. The topological polar surface area (TPSA) is 114 Å². The number of rotatable bonds is 9. The first-order chi connectivity index (χ1) is 17.8. The molecular formula is C29H39N3O5. The van der Waals surface area contributed by atoms with Gasteiger partial charge in [-0.25, -0.2) is 4.98 Å².